The molecule has 10 heteroatoms. The van der Waals surface area contributed by atoms with Crippen LogP contribution in [0.4, 0.5) is 9.18 Å². The molecule has 1 aliphatic carbocycles. The summed E-state index contributed by atoms with van der Waals surface area (Å²) in [6.45, 7) is 0.421. The van der Waals surface area contributed by atoms with Crippen LogP contribution >= 0.6 is 11.6 Å². The molecule has 31 heavy (non-hydrogen) atoms. The van der Waals surface area contributed by atoms with Crippen LogP contribution in [0.2, 0.25) is 5.15 Å². The summed E-state index contributed by atoms with van der Waals surface area (Å²) >= 11 is 6.29. The second-order valence-corrected chi connectivity index (χ2v) is 7.72. The van der Waals surface area contributed by atoms with Crippen LogP contribution < -0.4 is 10.5 Å². The Hall–Kier alpha value is -3.20. The van der Waals surface area contributed by atoms with Crippen LogP contribution in [-0.2, 0) is 4.74 Å². The van der Waals surface area contributed by atoms with Crippen molar-refractivity contribution in [3.8, 4) is 22.7 Å². The largest absolute Gasteiger partial charge is 0.488 e. The Kier molecular flexibility index (Phi) is 6.31. The number of rotatable bonds is 6. The Morgan fingerprint density at radius 3 is 2.74 bits per heavy atom. The molecule has 2 aromatic heterocycles. The Labute approximate surface area is 183 Å². The number of amides is 1. The van der Waals surface area contributed by atoms with Gasteiger partial charge in [-0.3, -0.25) is 0 Å². The molecule has 1 fully saturated rings. The number of nitrogens with zero attached hydrogens (tertiary/aromatic N) is 4. The zero-order valence-corrected chi connectivity index (χ0v) is 17.3. The molecule has 1 saturated carbocycles. The number of carbonyl (C=O) groups is 1. The van der Waals surface area contributed by atoms with Crippen molar-refractivity contribution in [1.82, 2.24) is 19.7 Å². The van der Waals surface area contributed by atoms with Crippen molar-refractivity contribution in [2.75, 3.05) is 6.61 Å². The standard InChI is InChI=1S/C21H21ClFN5O3/c22-20-19(30-11-13-5-7-15(8-6-13)31-21(24)29)18(25-12-26-20)14-9-27-28(10-14)17-4-2-1-3-16(17)23/h1-4,9-10,12-13,15H,5-8,11H2,(H2,24,29)/t13-,15-. The van der Waals surface area contributed by atoms with Gasteiger partial charge in [0.1, 0.15) is 29.6 Å². The molecular weight excluding hydrogens is 425 g/mol. The molecule has 8 nitrogen and oxygen atoms in total. The summed E-state index contributed by atoms with van der Waals surface area (Å²) in [5.74, 6) is 0.246. The molecule has 0 aliphatic heterocycles. The Morgan fingerprint density at radius 2 is 2.00 bits per heavy atom. The zero-order valence-electron chi connectivity index (χ0n) is 16.6. The van der Waals surface area contributed by atoms with Gasteiger partial charge in [-0.25, -0.2) is 23.8 Å². The van der Waals surface area contributed by atoms with Crippen molar-refractivity contribution in [1.29, 1.82) is 0 Å². The van der Waals surface area contributed by atoms with Gasteiger partial charge >= 0.3 is 6.09 Å². The predicted molar refractivity (Wildman–Crippen MR) is 111 cm³/mol. The number of aromatic nitrogens is 4. The second kappa shape index (κ2) is 9.30. The summed E-state index contributed by atoms with van der Waals surface area (Å²) < 4.78 is 26.6. The maximum Gasteiger partial charge on any atom is 0.404 e. The highest BCUT2D eigenvalue weighted by atomic mass is 35.5. The van der Waals surface area contributed by atoms with Crippen molar-refractivity contribution in [3.63, 3.8) is 0 Å². The van der Waals surface area contributed by atoms with Gasteiger partial charge in [0.2, 0.25) is 0 Å². The van der Waals surface area contributed by atoms with E-state index in [9.17, 15) is 9.18 Å². The fourth-order valence-corrected chi connectivity index (χ4v) is 3.87. The fourth-order valence-electron chi connectivity index (χ4n) is 3.68. The lowest BCUT2D eigenvalue weighted by Crippen LogP contribution is -2.29. The normalized spacial score (nSPS) is 18.5. The van der Waals surface area contributed by atoms with E-state index in [2.05, 4.69) is 15.1 Å². The molecule has 162 valence electrons. The number of halogens is 2. The van der Waals surface area contributed by atoms with Crippen molar-refractivity contribution in [3.05, 3.63) is 54.0 Å². The Balaban J connectivity index is 1.48. The lowest BCUT2D eigenvalue weighted by atomic mass is 9.88. The molecule has 0 radical (unpaired) electrons. The van der Waals surface area contributed by atoms with Gasteiger partial charge < -0.3 is 15.2 Å². The van der Waals surface area contributed by atoms with Crippen molar-refractivity contribution in [2.45, 2.75) is 31.8 Å². The molecule has 3 aromatic rings. The number of ether oxygens (including phenoxy) is 2. The first-order chi connectivity index (χ1) is 15.0. The maximum atomic E-state index is 14.1. The maximum absolute atomic E-state index is 14.1. The molecule has 2 N–H and O–H groups in total. The third-order valence-corrected chi connectivity index (χ3v) is 5.52. The second-order valence-electron chi connectivity index (χ2n) is 7.36. The van der Waals surface area contributed by atoms with Gasteiger partial charge in [-0.2, -0.15) is 5.10 Å². The highest BCUT2D eigenvalue weighted by Gasteiger charge is 2.25. The average Bonchev–Trinajstić information content (AvgIpc) is 3.23. The van der Waals surface area contributed by atoms with E-state index in [0.29, 0.717) is 29.3 Å². The van der Waals surface area contributed by atoms with Gasteiger partial charge in [-0.1, -0.05) is 23.7 Å². The lowest BCUT2D eigenvalue weighted by Gasteiger charge is -2.27. The van der Waals surface area contributed by atoms with E-state index in [4.69, 9.17) is 26.8 Å². The zero-order chi connectivity index (χ0) is 21.8. The summed E-state index contributed by atoms with van der Waals surface area (Å²) in [4.78, 5) is 19.2. The van der Waals surface area contributed by atoms with Gasteiger partial charge in [0.25, 0.3) is 0 Å². The summed E-state index contributed by atoms with van der Waals surface area (Å²) in [6, 6.07) is 6.36. The summed E-state index contributed by atoms with van der Waals surface area (Å²) in [7, 11) is 0. The minimum Gasteiger partial charge on any atom is -0.488 e. The third-order valence-electron chi connectivity index (χ3n) is 5.26. The van der Waals surface area contributed by atoms with Gasteiger partial charge in [-0.05, 0) is 43.7 Å². The monoisotopic (exact) mass is 445 g/mol. The first-order valence-electron chi connectivity index (χ1n) is 9.90. The smallest absolute Gasteiger partial charge is 0.404 e. The quantitative estimate of drug-likeness (QED) is 0.571. The number of benzene rings is 1. The summed E-state index contributed by atoms with van der Waals surface area (Å²) in [6.07, 6.45) is 6.84. The summed E-state index contributed by atoms with van der Waals surface area (Å²) in [5, 5.41) is 4.43. The lowest BCUT2D eigenvalue weighted by molar-refractivity contribution is 0.0627. The van der Waals surface area contributed by atoms with Crippen molar-refractivity contribution < 1.29 is 18.7 Å². The first-order valence-corrected chi connectivity index (χ1v) is 10.3. The van der Waals surface area contributed by atoms with Crippen LogP contribution in [0.25, 0.3) is 16.9 Å². The van der Waals surface area contributed by atoms with Gasteiger partial charge in [-0.15, -0.1) is 0 Å². The number of hydrogen-bond donors (Lipinski definition) is 1. The van der Waals surface area contributed by atoms with E-state index in [0.717, 1.165) is 25.7 Å². The van der Waals surface area contributed by atoms with E-state index in [1.807, 2.05) is 0 Å². The summed E-state index contributed by atoms with van der Waals surface area (Å²) in [5.41, 5.74) is 6.52. The predicted octanol–water partition coefficient (Wildman–Crippen LogP) is 4.15. The topological polar surface area (TPSA) is 105 Å². The molecule has 0 bridgehead atoms. The highest BCUT2D eigenvalue weighted by molar-refractivity contribution is 6.31. The molecule has 0 unspecified atom stereocenters. The Bertz CT molecular complexity index is 1070. The van der Waals surface area contributed by atoms with Crippen LogP contribution in [0.3, 0.4) is 0 Å². The molecule has 0 saturated heterocycles. The van der Waals surface area contributed by atoms with Crippen molar-refractivity contribution >= 4 is 17.7 Å². The number of hydrogen-bond acceptors (Lipinski definition) is 6. The average molecular weight is 446 g/mol. The number of primary amides is 1. The van der Waals surface area contributed by atoms with Crippen LogP contribution in [0.5, 0.6) is 5.75 Å². The van der Waals surface area contributed by atoms with E-state index >= 15 is 0 Å². The van der Waals surface area contributed by atoms with Crippen LogP contribution in [-0.4, -0.2) is 38.6 Å². The molecule has 2 heterocycles. The number of carbonyl (C=O) groups excluding carboxylic acids is 1. The highest BCUT2D eigenvalue weighted by Crippen LogP contribution is 2.35. The van der Waals surface area contributed by atoms with Crippen molar-refractivity contribution in [2.24, 2.45) is 11.7 Å². The molecule has 0 spiro atoms. The van der Waals surface area contributed by atoms with Gasteiger partial charge in [0.05, 0.1) is 12.8 Å². The molecule has 0 atom stereocenters. The fraction of sp³-hybridized carbons (Fsp3) is 0.333. The minimum atomic E-state index is -0.742. The van der Waals surface area contributed by atoms with E-state index in [1.165, 1.54) is 17.1 Å². The Morgan fingerprint density at radius 1 is 1.23 bits per heavy atom. The minimum absolute atomic E-state index is 0.142. The first kappa shape index (κ1) is 21.0. The van der Waals surface area contributed by atoms with Crippen LogP contribution in [0.15, 0.2) is 43.0 Å². The van der Waals surface area contributed by atoms with E-state index in [1.54, 1.807) is 30.6 Å². The molecule has 1 aliphatic rings. The molecule has 4 rings (SSSR count). The molecule has 1 aromatic carbocycles. The van der Waals surface area contributed by atoms with Crippen LogP contribution in [0.1, 0.15) is 25.7 Å². The SMILES string of the molecule is NC(=O)O[C@H]1CC[C@H](COc2c(Cl)ncnc2-c2cnn(-c3ccccc3F)c2)CC1. The van der Waals surface area contributed by atoms with Gasteiger partial charge in [0.15, 0.2) is 10.9 Å². The van der Waals surface area contributed by atoms with Gasteiger partial charge in [0, 0.05) is 11.8 Å². The number of nitrogens with two attached hydrogens (primary N) is 1. The van der Waals surface area contributed by atoms with E-state index < -0.39 is 6.09 Å². The van der Waals surface area contributed by atoms with E-state index in [-0.39, 0.29) is 23.0 Å². The van der Waals surface area contributed by atoms with Crippen LogP contribution in [0, 0.1) is 11.7 Å². The molecule has 1 amide bonds. The molecular formula is C21H21ClFN5O3. The third kappa shape index (κ3) is 4.93. The number of para-hydroxylation sites is 1.